The molecule has 3 N–H and O–H groups in total. The third-order valence-corrected chi connectivity index (χ3v) is 4.91. The standard InChI is InChI=1S/C11H21NO3.C11H19NO3.2CH4/c2*1-11(2,3)15-10(14)12-9-5-4-8(6-9)7-13;;/h8-9,13H,4-7H2,1-3H3,(H,12,14);7-9H,4-6H2,1-3H3,(H,12,14);2*1H4/t2*8-,9+;;/m11../s1. The van der Waals surface area contributed by atoms with Crippen molar-refractivity contribution in [1.82, 2.24) is 10.6 Å². The maximum Gasteiger partial charge on any atom is 0.407 e. The Bertz CT molecular complexity index is 568. The van der Waals surface area contributed by atoms with E-state index in [2.05, 4.69) is 10.6 Å². The molecule has 0 aromatic rings. The predicted octanol–water partition coefficient (Wildman–Crippen LogP) is 4.82. The van der Waals surface area contributed by atoms with Crippen LogP contribution in [0.3, 0.4) is 0 Å². The molecule has 0 bridgehead atoms. The SMILES string of the molecule is C.C.CC(C)(C)OC(=O)N[C@H]1CC[C@@H](C=O)C1.CC(C)(C)OC(=O)N[C@H]1CC[C@@H](CO)C1. The van der Waals surface area contributed by atoms with E-state index in [4.69, 9.17) is 14.6 Å². The lowest BCUT2D eigenvalue weighted by atomic mass is 10.1. The first-order valence-corrected chi connectivity index (χ1v) is 10.9. The molecule has 32 heavy (non-hydrogen) atoms. The Labute approximate surface area is 195 Å². The maximum atomic E-state index is 11.4. The summed E-state index contributed by atoms with van der Waals surface area (Å²) >= 11 is 0. The number of aliphatic hydroxyl groups is 1. The molecule has 2 aliphatic rings. The molecule has 2 rings (SSSR count). The number of nitrogens with one attached hydrogen (secondary N) is 2. The molecule has 0 aromatic carbocycles. The van der Waals surface area contributed by atoms with Crippen LogP contribution in [0.25, 0.3) is 0 Å². The van der Waals surface area contributed by atoms with Crippen molar-refractivity contribution in [3.05, 3.63) is 0 Å². The highest BCUT2D eigenvalue weighted by atomic mass is 16.6. The predicted molar refractivity (Wildman–Crippen MR) is 128 cm³/mol. The van der Waals surface area contributed by atoms with Crippen molar-refractivity contribution < 1.29 is 29.0 Å². The third kappa shape index (κ3) is 14.3. The molecule has 2 fully saturated rings. The monoisotopic (exact) mass is 460 g/mol. The van der Waals surface area contributed by atoms with Crippen LogP contribution in [0.5, 0.6) is 0 Å². The summed E-state index contributed by atoms with van der Waals surface area (Å²) in [5.74, 6) is 0.440. The van der Waals surface area contributed by atoms with Gasteiger partial charge in [0.15, 0.2) is 0 Å². The summed E-state index contributed by atoms with van der Waals surface area (Å²) in [5, 5.41) is 14.6. The van der Waals surface area contributed by atoms with Gasteiger partial charge in [-0.3, -0.25) is 0 Å². The van der Waals surface area contributed by atoms with Crippen molar-refractivity contribution in [3.63, 3.8) is 0 Å². The minimum atomic E-state index is -0.466. The van der Waals surface area contributed by atoms with E-state index in [-0.39, 0.29) is 51.6 Å². The van der Waals surface area contributed by atoms with Gasteiger partial charge in [-0.15, -0.1) is 0 Å². The van der Waals surface area contributed by atoms with Crippen molar-refractivity contribution in [2.45, 2.75) is 118 Å². The summed E-state index contributed by atoms with van der Waals surface area (Å²) in [6, 6.07) is 0.257. The lowest BCUT2D eigenvalue weighted by Crippen LogP contribution is -2.38. The molecule has 2 amide bonds. The van der Waals surface area contributed by atoms with E-state index in [1.54, 1.807) is 0 Å². The van der Waals surface area contributed by atoms with Gasteiger partial charge in [0, 0.05) is 24.6 Å². The number of hydrogen-bond donors (Lipinski definition) is 3. The van der Waals surface area contributed by atoms with E-state index < -0.39 is 11.2 Å². The summed E-state index contributed by atoms with van der Waals surface area (Å²) in [6.45, 7) is 11.2. The second-order valence-electron chi connectivity index (χ2n) is 10.3. The van der Waals surface area contributed by atoms with Gasteiger partial charge in [-0.05, 0) is 86.0 Å². The minimum Gasteiger partial charge on any atom is -0.444 e. The van der Waals surface area contributed by atoms with Gasteiger partial charge in [-0.2, -0.15) is 0 Å². The van der Waals surface area contributed by atoms with E-state index >= 15 is 0 Å². The highest BCUT2D eigenvalue weighted by Crippen LogP contribution is 2.25. The van der Waals surface area contributed by atoms with Crippen LogP contribution in [-0.2, 0) is 14.3 Å². The smallest absolute Gasteiger partial charge is 0.407 e. The Morgan fingerprint density at radius 2 is 1.28 bits per heavy atom. The number of rotatable bonds is 4. The van der Waals surface area contributed by atoms with Crippen LogP contribution in [0, 0.1) is 11.8 Å². The highest BCUT2D eigenvalue weighted by Gasteiger charge is 2.28. The quantitative estimate of drug-likeness (QED) is 0.518. The molecular weight excluding hydrogens is 412 g/mol. The van der Waals surface area contributed by atoms with Gasteiger partial charge in [-0.1, -0.05) is 14.9 Å². The molecule has 0 aliphatic heterocycles. The molecule has 0 radical (unpaired) electrons. The van der Waals surface area contributed by atoms with Crippen LogP contribution in [-0.4, -0.2) is 53.5 Å². The molecule has 8 heteroatoms. The van der Waals surface area contributed by atoms with Crippen LogP contribution >= 0.6 is 0 Å². The molecular formula is C24H48N2O6. The Hall–Kier alpha value is -1.83. The molecule has 0 unspecified atom stereocenters. The molecule has 8 nitrogen and oxygen atoms in total. The zero-order chi connectivity index (χ0) is 22.9. The summed E-state index contributed by atoms with van der Waals surface area (Å²) in [6.07, 6.45) is 5.47. The highest BCUT2D eigenvalue weighted by molar-refractivity contribution is 5.68. The van der Waals surface area contributed by atoms with Crippen LogP contribution in [0.4, 0.5) is 9.59 Å². The zero-order valence-electron chi connectivity index (χ0n) is 19.3. The molecule has 190 valence electrons. The Morgan fingerprint density at radius 3 is 1.62 bits per heavy atom. The summed E-state index contributed by atoms with van der Waals surface area (Å²) in [7, 11) is 0. The maximum absolute atomic E-state index is 11.4. The largest absolute Gasteiger partial charge is 0.444 e. The van der Waals surface area contributed by atoms with Crippen molar-refractivity contribution in [3.8, 4) is 0 Å². The number of carbonyl (C=O) groups is 3. The number of aldehydes is 1. The minimum absolute atomic E-state index is 0. The number of amides is 2. The van der Waals surface area contributed by atoms with E-state index in [9.17, 15) is 14.4 Å². The van der Waals surface area contributed by atoms with Gasteiger partial charge in [0.25, 0.3) is 0 Å². The van der Waals surface area contributed by atoms with Crippen molar-refractivity contribution in [1.29, 1.82) is 0 Å². The van der Waals surface area contributed by atoms with Crippen molar-refractivity contribution in [2.24, 2.45) is 11.8 Å². The van der Waals surface area contributed by atoms with Gasteiger partial charge < -0.3 is 30.0 Å². The fraction of sp³-hybridized carbons (Fsp3) is 0.875. The lowest BCUT2D eigenvalue weighted by Gasteiger charge is -2.21. The van der Waals surface area contributed by atoms with Gasteiger partial charge in [0.05, 0.1) is 0 Å². The fourth-order valence-corrected chi connectivity index (χ4v) is 3.59. The Balaban J connectivity index is 0. The van der Waals surface area contributed by atoms with E-state index in [1.165, 1.54) is 0 Å². The molecule has 0 spiro atoms. The van der Waals surface area contributed by atoms with Gasteiger partial charge >= 0.3 is 12.2 Å². The lowest BCUT2D eigenvalue weighted by molar-refractivity contribution is -0.110. The molecule has 0 aromatic heterocycles. The first kappa shape index (κ1) is 32.4. The molecule has 0 heterocycles. The van der Waals surface area contributed by atoms with E-state index in [0.717, 1.165) is 44.8 Å². The Morgan fingerprint density at radius 1 is 0.844 bits per heavy atom. The third-order valence-electron chi connectivity index (χ3n) is 4.91. The first-order valence-electron chi connectivity index (χ1n) is 10.9. The number of ether oxygens (including phenoxy) is 2. The molecule has 2 saturated carbocycles. The average Bonchev–Trinajstić information content (AvgIpc) is 3.20. The summed E-state index contributed by atoms with van der Waals surface area (Å²) < 4.78 is 10.3. The van der Waals surface area contributed by atoms with Crippen LogP contribution < -0.4 is 10.6 Å². The van der Waals surface area contributed by atoms with Gasteiger partial charge in [0.2, 0.25) is 0 Å². The molecule has 0 saturated heterocycles. The van der Waals surface area contributed by atoms with E-state index in [0.29, 0.717) is 5.92 Å². The molecule has 4 atom stereocenters. The normalized spacial score (nSPS) is 24.6. The van der Waals surface area contributed by atoms with Gasteiger partial charge in [-0.25, -0.2) is 9.59 Å². The number of hydrogen-bond acceptors (Lipinski definition) is 6. The van der Waals surface area contributed by atoms with Gasteiger partial charge in [0.1, 0.15) is 17.5 Å². The fourth-order valence-electron chi connectivity index (χ4n) is 3.59. The second kappa shape index (κ2) is 14.3. The van der Waals surface area contributed by atoms with Crippen LogP contribution in [0.2, 0.25) is 0 Å². The average molecular weight is 461 g/mol. The zero-order valence-corrected chi connectivity index (χ0v) is 19.3. The van der Waals surface area contributed by atoms with E-state index in [1.807, 2.05) is 41.5 Å². The molecule has 2 aliphatic carbocycles. The number of carbonyl (C=O) groups excluding carboxylic acids is 3. The van der Waals surface area contributed by atoms with Crippen LogP contribution in [0.1, 0.15) is 94.9 Å². The topological polar surface area (TPSA) is 114 Å². The van der Waals surface area contributed by atoms with Crippen molar-refractivity contribution >= 4 is 18.5 Å². The Kier molecular flexibility index (Phi) is 14.5. The number of alkyl carbamates (subject to hydrolysis) is 2. The van der Waals surface area contributed by atoms with Crippen molar-refractivity contribution in [2.75, 3.05) is 6.61 Å². The summed E-state index contributed by atoms with van der Waals surface area (Å²) in [5.41, 5.74) is -0.911. The second-order valence-corrected chi connectivity index (χ2v) is 10.3. The van der Waals surface area contributed by atoms with Crippen LogP contribution in [0.15, 0.2) is 0 Å². The number of aliphatic hydroxyl groups excluding tert-OH is 1. The summed E-state index contributed by atoms with van der Waals surface area (Å²) in [4.78, 5) is 33.3. The first-order chi connectivity index (χ1) is 13.8.